The Kier molecular flexibility index (Phi) is 4.10. The highest BCUT2D eigenvalue weighted by molar-refractivity contribution is 5.78. The monoisotopic (exact) mass is 264 g/mol. The molecule has 1 fully saturated rings. The van der Waals surface area contributed by atoms with Crippen molar-refractivity contribution < 1.29 is 19.4 Å². The van der Waals surface area contributed by atoms with Gasteiger partial charge < -0.3 is 14.6 Å². The van der Waals surface area contributed by atoms with E-state index in [0.29, 0.717) is 37.7 Å². The van der Waals surface area contributed by atoms with Crippen molar-refractivity contribution in [3.8, 4) is 5.75 Å². The molecule has 104 valence electrons. The van der Waals surface area contributed by atoms with E-state index in [9.17, 15) is 9.90 Å². The van der Waals surface area contributed by atoms with Gasteiger partial charge in [-0.1, -0.05) is 26.0 Å². The average Bonchev–Trinajstić information content (AvgIpc) is 2.40. The van der Waals surface area contributed by atoms with E-state index in [1.54, 1.807) is 0 Å². The van der Waals surface area contributed by atoms with Gasteiger partial charge in [0.25, 0.3) is 0 Å². The first-order valence-corrected chi connectivity index (χ1v) is 6.64. The number of aliphatic carboxylic acids is 1. The minimum Gasteiger partial charge on any atom is -0.478 e. The van der Waals surface area contributed by atoms with Crippen LogP contribution >= 0.6 is 0 Å². The second-order valence-electron chi connectivity index (χ2n) is 5.24. The number of benzene rings is 1. The Bertz CT molecular complexity index is 430. The van der Waals surface area contributed by atoms with Crippen molar-refractivity contribution in [1.29, 1.82) is 0 Å². The quantitative estimate of drug-likeness (QED) is 0.908. The average molecular weight is 264 g/mol. The summed E-state index contributed by atoms with van der Waals surface area (Å²) < 4.78 is 11.0. The normalized spacial score (nSPS) is 18.3. The Morgan fingerprint density at radius 3 is 2.32 bits per heavy atom. The highest BCUT2D eigenvalue weighted by Gasteiger charge is 2.42. The summed E-state index contributed by atoms with van der Waals surface area (Å²) in [6.45, 7) is 5.09. The topological polar surface area (TPSA) is 55.8 Å². The number of carboxylic acids is 1. The van der Waals surface area contributed by atoms with Crippen LogP contribution < -0.4 is 4.74 Å². The molecule has 19 heavy (non-hydrogen) atoms. The molecule has 0 radical (unpaired) electrons. The van der Waals surface area contributed by atoms with Crippen LogP contribution in [0.1, 0.15) is 38.2 Å². The van der Waals surface area contributed by atoms with Gasteiger partial charge in [-0.05, 0) is 23.6 Å². The molecular formula is C15H20O4. The lowest BCUT2D eigenvalue weighted by molar-refractivity contribution is -0.163. The van der Waals surface area contributed by atoms with Crippen LogP contribution in [0.2, 0.25) is 0 Å². The molecule has 0 bridgehead atoms. The van der Waals surface area contributed by atoms with E-state index >= 15 is 0 Å². The van der Waals surface area contributed by atoms with Crippen LogP contribution in [-0.2, 0) is 9.53 Å². The van der Waals surface area contributed by atoms with E-state index < -0.39 is 11.6 Å². The van der Waals surface area contributed by atoms with Gasteiger partial charge in [-0.25, -0.2) is 4.79 Å². The maximum absolute atomic E-state index is 11.5. The summed E-state index contributed by atoms with van der Waals surface area (Å²) in [5, 5.41) is 9.41. The first-order valence-electron chi connectivity index (χ1n) is 6.64. The Labute approximate surface area is 113 Å². The highest BCUT2D eigenvalue weighted by atomic mass is 16.5. The molecule has 4 heteroatoms. The predicted molar refractivity (Wildman–Crippen MR) is 71.6 cm³/mol. The smallest absolute Gasteiger partial charge is 0.348 e. The van der Waals surface area contributed by atoms with Crippen molar-refractivity contribution in [2.24, 2.45) is 0 Å². The summed E-state index contributed by atoms with van der Waals surface area (Å²) in [7, 11) is 0. The highest BCUT2D eigenvalue weighted by Crippen LogP contribution is 2.29. The molecule has 1 aliphatic rings. The van der Waals surface area contributed by atoms with Gasteiger partial charge in [0.05, 0.1) is 13.2 Å². The summed E-state index contributed by atoms with van der Waals surface area (Å²) in [6.07, 6.45) is 0.766. The third-order valence-corrected chi connectivity index (χ3v) is 3.55. The first-order chi connectivity index (χ1) is 9.03. The van der Waals surface area contributed by atoms with Gasteiger partial charge in [0.1, 0.15) is 5.75 Å². The summed E-state index contributed by atoms with van der Waals surface area (Å²) >= 11 is 0. The molecule has 0 amide bonds. The zero-order valence-electron chi connectivity index (χ0n) is 11.4. The van der Waals surface area contributed by atoms with Gasteiger partial charge in [0.2, 0.25) is 5.60 Å². The van der Waals surface area contributed by atoms with Crippen LogP contribution in [0.4, 0.5) is 0 Å². The molecule has 0 aliphatic carbocycles. The number of hydrogen-bond acceptors (Lipinski definition) is 3. The Balaban J connectivity index is 2.15. The van der Waals surface area contributed by atoms with Gasteiger partial charge in [-0.15, -0.1) is 0 Å². The zero-order chi connectivity index (χ0) is 13.9. The van der Waals surface area contributed by atoms with Crippen molar-refractivity contribution in [2.45, 2.75) is 38.2 Å². The molecule has 1 aromatic carbocycles. The second kappa shape index (κ2) is 5.61. The van der Waals surface area contributed by atoms with Crippen molar-refractivity contribution in [3.05, 3.63) is 29.8 Å². The van der Waals surface area contributed by atoms with E-state index in [1.165, 1.54) is 5.56 Å². The molecule has 0 unspecified atom stereocenters. The molecule has 0 saturated carbocycles. The molecule has 1 aromatic rings. The minimum atomic E-state index is -1.14. The van der Waals surface area contributed by atoms with Crippen molar-refractivity contribution in [1.82, 2.24) is 0 Å². The van der Waals surface area contributed by atoms with Crippen molar-refractivity contribution >= 4 is 5.97 Å². The van der Waals surface area contributed by atoms with Gasteiger partial charge in [-0.3, -0.25) is 0 Å². The molecule has 1 aliphatic heterocycles. The third-order valence-electron chi connectivity index (χ3n) is 3.55. The SMILES string of the molecule is CC(C)c1ccc(OC2(C(=O)O)CCOCC2)cc1. The van der Waals surface area contributed by atoms with Crippen molar-refractivity contribution in [3.63, 3.8) is 0 Å². The van der Waals surface area contributed by atoms with Crippen molar-refractivity contribution in [2.75, 3.05) is 13.2 Å². The Morgan fingerprint density at radius 2 is 1.84 bits per heavy atom. The number of rotatable bonds is 4. The molecule has 0 atom stereocenters. The Hall–Kier alpha value is -1.55. The lowest BCUT2D eigenvalue weighted by Gasteiger charge is -2.33. The van der Waals surface area contributed by atoms with Crippen LogP contribution in [0.25, 0.3) is 0 Å². The number of carboxylic acid groups (broad SMARTS) is 1. The fourth-order valence-corrected chi connectivity index (χ4v) is 2.21. The second-order valence-corrected chi connectivity index (χ2v) is 5.24. The molecule has 1 heterocycles. The number of carbonyl (C=O) groups is 1. The van der Waals surface area contributed by atoms with Gasteiger partial charge in [-0.2, -0.15) is 0 Å². The zero-order valence-corrected chi connectivity index (χ0v) is 11.4. The molecule has 4 nitrogen and oxygen atoms in total. The summed E-state index contributed by atoms with van der Waals surface area (Å²) in [6, 6.07) is 7.65. The summed E-state index contributed by atoms with van der Waals surface area (Å²) in [5.74, 6) is 0.142. The van der Waals surface area contributed by atoms with Crippen LogP contribution in [0.5, 0.6) is 5.75 Å². The molecule has 1 N–H and O–H groups in total. The number of ether oxygens (including phenoxy) is 2. The molecule has 2 rings (SSSR count). The third kappa shape index (κ3) is 3.07. The van der Waals surface area contributed by atoms with Crippen LogP contribution in [0, 0.1) is 0 Å². The Morgan fingerprint density at radius 1 is 1.26 bits per heavy atom. The lowest BCUT2D eigenvalue weighted by atomic mass is 9.94. The van der Waals surface area contributed by atoms with Gasteiger partial charge in [0.15, 0.2) is 0 Å². The summed E-state index contributed by atoms with van der Waals surface area (Å²) in [5.41, 5.74) is 0.0705. The fourth-order valence-electron chi connectivity index (χ4n) is 2.21. The maximum atomic E-state index is 11.5. The van der Waals surface area contributed by atoms with E-state index in [0.717, 1.165) is 0 Å². The van der Waals surface area contributed by atoms with Crippen LogP contribution in [0.3, 0.4) is 0 Å². The summed E-state index contributed by atoms with van der Waals surface area (Å²) in [4.78, 5) is 11.5. The first kappa shape index (κ1) is 13.9. The minimum absolute atomic E-state index is 0.383. The maximum Gasteiger partial charge on any atom is 0.348 e. The van der Waals surface area contributed by atoms with Crippen LogP contribution in [0.15, 0.2) is 24.3 Å². The van der Waals surface area contributed by atoms with E-state index in [-0.39, 0.29) is 0 Å². The standard InChI is InChI=1S/C15H20O4/c1-11(2)12-3-5-13(6-4-12)19-15(14(16)17)7-9-18-10-8-15/h3-6,11H,7-10H2,1-2H3,(H,16,17). The molecule has 0 aromatic heterocycles. The predicted octanol–water partition coefficient (Wildman–Crippen LogP) is 2.82. The fraction of sp³-hybridized carbons (Fsp3) is 0.533. The van der Waals surface area contributed by atoms with E-state index in [4.69, 9.17) is 9.47 Å². The van der Waals surface area contributed by atoms with Gasteiger partial charge in [0, 0.05) is 12.8 Å². The van der Waals surface area contributed by atoms with E-state index in [2.05, 4.69) is 13.8 Å². The molecule has 1 saturated heterocycles. The lowest BCUT2D eigenvalue weighted by Crippen LogP contribution is -2.49. The van der Waals surface area contributed by atoms with Crippen LogP contribution in [-0.4, -0.2) is 29.9 Å². The molecular weight excluding hydrogens is 244 g/mol. The van der Waals surface area contributed by atoms with Gasteiger partial charge >= 0.3 is 5.97 Å². The largest absolute Gasteiger partial charge is 0.478 e. The number of hydrogen-bond donors (Lipinski definition) is 1. The van der Waals surface area contributed by atoms with E-state index in [1.807, 2.05) is 24.3 Å². The molecule has 0 spiro atoms.